The molecule has 0 aromatic rings. The lowest BCUT2D eigenvalue weighted by molar-refractivity contribution is 0.0882. The van der Waals surface area contributed by atoms with Crippen molar-refractivity contribution in [2.75, 3.05) is 27.2 Å². The van der Waals surface area contributed by atoms with Gasteiger partial charge in [-0.3, -0.25) is 9.74 Å². The Morgan fingerprint density at radius 1 is 1.53 bits per heavy atom. The first-order valence-electron chi connectivity index (χ1n) is 5.65. The normalized spacial score (nSPS) is 22.6. The van der Waals surface area contributed by atoms with E-state index in [9.17, 15) is 4.79 Å². The SMILES string of the molecule is CNC(=O)ON=C(C1OCCN1C)C(C)(C)C. The van der Waals surface area contributed by atoms with Crippen molar-refractivity contribution in [2.45, 2.75) is 27.0 Å². The summed E-state index contributed by atoms with van der Waals surface area (Å²) in [6.07, 6.45) is -0.799. The lowest BCUT2D eigenvalue weighted by Gasteiger charge is -2.28. The highest BCUT2D eigenvalue weighted by molar-refractivity contribution is 5.93. The third-order valence-corrected chi connectivity index (χ3v) is 2.55. The number of oxime groups is 1. The highest BCUT2D eigenvalue weighted by Crippen LogP contribution is 2.24. The van der Waals surface area contributed by atoms with E-state index in [0.717, 1.165) is 6.54 Å². The van der Waals surface area contributed by atoms with Crippen LogP contribution in [0, 0.1) is 5.41 Å². The Kier molecular flexibility index (Phi) is 4.47. The molecule has 0 bridgehead atoms. The molecule has 6 nitrogen and oxygen atoms in total. The van der Waals surface area contributed by atoms with Gasteiger partial charge in [0.15, 0.2) is 6.23 Å². The Labute approximate surface area is 102 Å². The van der Waals surface area contributed by atoms with Crippen LogP contribution in [0.1, 0.15) is 20.8 Å². The van der Waals surface area contributed by atoms with E-state index < -0.39 is 6.09 Å². The third-order valence-electron chi connectivity index (χ3n) is 2.55. The van der Waals surface area contributed by atoms with Crippen LogP contribution in [-0.2, 0) is 9.57 Å². The van der Waals surface area contributed by atoms with E-state index in [4.69, 9.17) is 9.57 Å². The van der Waals surface area contributed by atoms with Crippen molar-refractivity contribution in [3.8, 4) is 0 Å². The molecule has 0 saturated carbocycles. The predicted octanol–water partition coefficient (Wildman–Crippen LogP) is 1.03. The molecule has 17 heavy (non-hydrogen) atoms. The summed E-state index contributed by atoms with van der Waals surface area (Å²) >= 11 is 0. The highest BCUT2D eigenvalue weighted by Gasteiger charge is 2.35. The van der Waals surface area contributed by atoms with Crippen molar-refractivity contribution >= 4 is 11.8 Å². The fourth-order valence-corrected chi connectivity index (χ4v) is 1.53. The van der Waals surface area contributed by atoms with Crippen LogP contribution in [-0.4, -0.2) is 50.2 Å². The number of hydrogen-bond donors (Lipinski definition) is 1. The van der Waals surface area contributed by atoms with Crippen LogP contribution in [0.25, 0.3) is 0 Å². The molecule has 0 spiro atoms. The van der Waals surface area contributed by atoms with Gasteiger partial charge in [-0.05, 0) is 7.05 Å². The first-order chi connectivity index (χ1) is 7.86. The standard InChI is InChI=1S/C11H21N3O3/c1-11(2,3)8(13-17-10(15)12-4)9-14(5)6-7-16-9/h9H,6-7H2,1-5H3,(H,12,15). The van der Waals surface area contributed by atoms with Gasteiger partial charge in [-0.1, -0.05) is 25.9 Å². The van der Waals surface area contributed by atoms with Crippen LogP contribution in [0.15, 0.2) is 5.16 Å². The summed E-state index contributed by atoms with van der Waals surface area (Å²) in [5, 5.41) is 6.29. The first-order valence-corrected chi connectivity index (χ1v) is 5.65. The van der Waals surface area contributed by atoms with Crippen LogP contribution >= 0.6 is 0 Å². The zero-order valence-electron chi connectivity index (χ0n) is 11.1. The van der Waals surface area contributed by atoms with Gasteiger partial charge in [0, 0.05) is 19.0 Å². The van der Waals surface area contributed by atoms with Crippen molar-refractivity contribution in [2.24, 2.45) is 10.6 Å². The third kappa shape index (κ3) is 3.67. The second-order valence-electron chi connectivity index (χ2n) is 5.06. The summed E-state index contributed by atoms with van der Waals surface area (Å²) < 4.78 is 5.60. The average molecular weight is 243 g/mol. The fourth-order valence-electron chi connectivity index (χ4n) is 1.53. The number of nitrogens with one attached hydrogen (secondary N) is 1. The Bertz CT molecular complexity index is 310. The van der Waals surface area contributed by atoms with Crippen molar-refractivity contribution in [1.29, 1.82) is 0 Å². The topological polar surface area (TPSA) is 63.2 Å². The molecule has 1 N–H and O–H groups in total. The molecule has 0 aromatic carbocycles. The number of ether oxygens (including phenoxy) is 1. The summed E-state index contributed by atoms with van der Waals surface area (Å²) in [5.41, 5.74) is 0.484. The number of amides is 1. The molecule has 1 heterocycles. The number of hydrogen-bond acceptors (Lipinski definition) is 5. The number of rotatable bonds is 2. The molecule has 0 aromatic heterocycles. The molecule has 0 radical (unpaired) electrons. The molecule has 1 saturated heterocycles. The molecule has 1 aliphatic heterocycles. The van der Waals surface area contributed by atoms with Gasteiger partial charge in [0.2, 0.25) is 0 Å². The maximum Gasteiger partial charge on any atom is 0.433 e. The first kappa shape index (κ1) is 13.9. The van der Waals surface area contributed by atoms with Gasteiger partial charge in [-0.15, -0.1) is 0 Å². The van der Waals surface area contributed by atoms with Gasteiger partial charge < -0.3 is 10.1 Å². The average Bonchev–Trinajstić information content (AvgIpc) is 2.63. The van der Waals surface area contributed by atoms with Gasteiger partial charge in [-0.25, -0.2) is 4.79 Å². The minimum atomic E-state index is -0.576. The zero-order chi connectivity index (χ0) is 13.1. The maximum atomic E-state index is 11.0. The van der Waals surface area contributed by atoms with Crippen molar-refractivity contribution in [3.05, 3.63) is 0 Å². The second kappa shape index (κ2) is 5.46. The summed E-state index contributed by atoms with van der Waals surface area (Å²) in [4.78, 5) is 17.9. The van der Waals surface area contributed by atoms with Crippen LogP contribution < -0.4 is 5.32 Å². The fraction of sp³-hybridized carbons (Fsp3) is 0.818. The molecule has 1 rings (SSSR count). The minimum absolute atomic E-state index is 0.223. The number of carbonyl (C=O) groups excluding carboxylic acids is 1. The summed E-state index contributed by atoms with van der Waals surface area (Å²) in [6, 6.07) is 0. The van der Waals surface area contributed by atoms with Gasteiger partial charge in [0.25, 0.3) is 0 Å². The molecule has 6 heteroatoms. The van der Waals surface area contributed by atoms with Gasteiger partial charge >= 0.3 is 6.09 Å². The van der Waals surface area contributed by atoms with E-state index in [2.05, 4.69) is 10.5 Å². The van der Waals surface area contributed by atoms with E-state index in [1.165, 1.54) is 7.05 Å². The van der Waals surface area contributed by atoms with Gasteiger partial charge in [0.05, 0.1) is 6.61 Å². The van der Waals surface area contributed by atoms with E-state index in [0.29, 0.717) is 12.3 Å². The Hall–Kier alpha value is -1.14. The van der Waals surface area contributed by atoms with E-state index in [1.54, 1.807) is 0 Å². The van der Waals surface area contributed by atoms with Crippen molar-refractivity contribution < 1.29 is 14.4 Å². The Morgan fingerprint density at radius 2 is 2.18 bits per heavy atom. The van der Waals surface area contributed by atoms with Crippen LogP contribution in [0.2, 0.25) is 0 Å². The molecule has 1 amide bonds. The minimum Gasteiger partial charge on any atom is -0.356 e. The molecular weight excluding hydrogens is 222 g/mol. The quantitative estimate of drug-likeness (QED) is 0.447. The highest BCUT2D eigenvalue weighted by atomic mass is 16.7. The molecule has 1 unspecified atom stereocenters. The van der Waals surface area contributed by atoms with E-state index >= 15 is 0 Å². The second-order valence-corrected chi connectivity index (χ2v) is 5.06. The smallest absolute Gasteiger partial charge is 0.356 e. The molecule has 1 fully saturated rings. The van der Waals surface area contributed by atoms with Crippen LogP contribution in [0.4, 0.5) is 4.79 Å². The lowest BCUT2D eigenvalue weighted by atomic mass is 9.88. The Balaban J connectivity index is 2.84. The van der Waals surface area contributed by atoms with E-state index in [1.807, 2.05) is 32.7 Å². The van der Waals surface area contributed by atoms with Gasteiger partial charge in [-0.2, -0.15) is 0 Å². The van der Waals surface area contributed by atoms with Crippen molar-refractivity contribution in [3.63, 3.8) is 0 Å². The van der Waals surface area contributed by atoms with Crippen LogP contribution in [0.3, 0.4) is 0 Å². The maximum absolute atomic E-state index is 11.0. The monoisotopic (exact) mass is 243 g/mol. The van der Waals surface area contributed by atoms with E-state index in [-0.39, 0.29) is 11.6 Å². The van der Waals surface area contributed by atoms with Gasteiger partial charge in [0.1, 0.15) is 5.71 Å². The number of nitrogens with zero attached hydrogens (tertiary/aromatic N) is 2. The van der Waals surface area contributed by atoms with Crippen LogP contribution in [0.5, 0.6) is 0 Å². The molecule has 1 aliphatic rings. The summed E-state index contributed by atoms with van der Waals surface area (Å²) in [5.74, 6) is 0. The van der Waals surface area contributed by atoms with Crippen molar-refractivity contribution in [1.82, 2.24) is 10.2 Å². The summed E-state index contributed by atoms with van der Waals surface area (Å²) in [7, 11) is 3.45. The molecule has 98 valence electrons. The Morgan fingerprint density at radius 3 is 2.59 bits per heavy atom. The predicted molar refractivity (Wildman–Crippen MR) is 64.8 cm³/mol. The summed E-state index contributed by atoms with van der Waals surface area (Å²) in [6.45, 7) is 7.54. The molecule has 0 aliphatic carbocycles. The number of carbonyl (C=O) groups is 1. The molecule has 1 atom stereocenters. The molecular formula is C11H21N3O3. The largest absolute Gasteiger partial charge is 0.433 e. The lowest BCUT2D eigenvalue weighted by Crippen LogP contribution is -2.41. The zero-order valence-corrected chi connectivity index (χ0v) is 11.1. The number of likely N-dealkylation sites (N-methyl/N-ethyl adjacent to an activating group) is 1.